The van der Waals surface area contributed by atoms with Gasteiger partial charge in [0.15, 0.2) is 0 Å². The van der Waals surface area contributed by atoms with Crippen LogP contribution in [0.5, 0.6) is 5.75 Å². The van der Waals surface area contributed by atoms with Crippen LogP contribution in [-0.2, 0) is 9.59 Å². The predicted molar refractivity (Wildman–Crippen MR) is 122 cm³/mol. The molecule has 0 aliphatic carbocycles. The number of carbonyl (C=O) groups is 2. The third-order valence-corrected chi connectivity index (χ3v) is 5.78. The van der Waals surface area contributed by atoms with Gasteiger partial charge in [-0.15, -0.1) is 0 Å². The fraction of sp³-hybridized carbons (Fsp3) is 0.280. The van der Waals surface area contributed by atoms with Gasteiger partial charge in [-0.25, -0.2) is 0 Å². The second-order valence-electron chi connectivity index (χ2n) is 8.07. The Bertz CT molecular complexity index is 1130. The van der Waals surface area contributed by atoms with Crippen molar-refractivity contribution in [1.82, 2.24) is 4.57 Å². The molecule has 2 amide bonds. The Morgan fingerprint density at radius 2 is 1.77 bits per heavy atom. The highest BCUT2D eigenvalue weighted by atomic mass is 16.5. The van der Waals surface area contributed by atoms with E-state index in [1.807, 2.05) is 75.4 Å². The Kier molecular flexibility index (Phi) is 5.55. The fourth-order valence-electron chi connectivity index (χ4n) is 4.14. The van der Waals surface area contributed by atoms with Crippen molar-refractivity contribution in [3.8, 4) is 11.4 Å². The van der Waals surface area contributed by atoms with Crippen LogP contribution in [0, 0.1) is 26.7 Å². The number of carbonyl (C=O) groups excluding carboxylic acids is 2. The number of ether oxygens (including phenoxy) is 1. The van der Waals surface area contributed by atoms with Crippen molar-refractivity contribution < 1.29 is 14.3 Å². The van der Waals surface area contributed by atoms with Crippen LogP contribution in [0.2, 0.25) is 0 Å². The number of aromatic nitrogens is 1. The quantitative estimate of drug-likeness (QED) is 0.669. The minimum absolute atomic E-state index is 0.0298. The highest BCUT2D eigenvalue weighted by molar-refractivity contribution is 6.04. The molecular formula is C25H27N3O3. The highest BCUT2D eigenvalue weighted by Crippen LogP contribution is 2.31. The number of nitrogens with zero attached hydrogens (tertiary/aromatic N) is 2. The molecule has 1 N–H and O–H groups in total. The van der Waals surface area contributed by atoms with Crippen molar-refractivity contribution in [1.29, 1.82) is 0 Å². The van der Waals surface area contributed by atoms with Gasteiger partial charge < -0.3 is 19.5 Å². The lowest BCUT2D eigenvalue weighted by Crippen LogP contribution is -2.28. The SMILES string of the molecule is COc1ccc(NC(=O)[C@@H]2CC(=O)N(c3cccc(C)c3)C2)c(-n2c(C)ccc2C)c1. The van der Waals surface area contributed by atoms with Gasteiger partial charge in [-0.3, -0.25) is 9.59 Å². The number of methoxy groups -OCH3 is 1. The van der Waals surface area contributed by atoms with Crippen LogP contribution < -0.4 is 15.0 Å². The molecule has 1 aromatic heterocycles. The lowest BCUT2D eigenvalue weighted by Gasteiger charge is -2.19. The molecule has 1 atom stereocenters. The molecule has 2 heterocycles. The van der Waals surface area contributed by atoms with Gasteiger partial charge in [0.25, 0.3) is 0 Å². The van der Waals surface area contributed by atoms with Crippen molar-refractivity contribution in [2.24, 2.45) is 5.92 Å². The smallest absolute Gasteiger partial charge is 0.229 e. The Morgan fingerprint density at radius 1 is 1.03 bits per heavy atom. The summed E-state index contributed by atoms with van der Waals surface area (Å²) < 4.78 is 7.48. The molecule has 2 aromatic carbocycles. The van der Waals surface area contributed by atoms with Crippen molar-refractivity contribution >= 4 is 23.2 Å². The van der Waals surface area contributed by atoms with Crippen LogP contribution in [-0.4, -0.2) is 30.0 Å². The lowest BCUT2D eigenvalue weighted by molar-refractivity contribution is -0.122. The predicted octanol–water partition coefficient (Wildman–Crippen LogP) is 4.40. The third kappa shape index (κ3) is 4.06. The number of rotatable bonds is 5. The van der Waals surface area contributed by atoms with Crippen LogP contribution >= 0.6 is 0 Å². The molecule has 31 heavy (non-hydrogen) atoms. The standard InChI is InChI=1S/C25H27N3O3/c1-16-6-5-7-20(12-16)27-15-19(13-24(27)29)25(30)26-22-11-10-21(31-4)14-23(22)28-17(2)8-9-18(28)3/h5-12,14,19H,13,15H2,1-4H3,(H,26,30)/t19-/m1/s1. The summed E-state index contributed by atoms with van der Waals surface area (Å²) in [4.78, 5) is 27.4. The molecule has 160 valence electrons. The van der Waals surface area contributed by atoms with E-state index in [1.54, 1.807) is 12.0 Å². The molecule has 0 radical (unpaired) electrons. The van der Waals surface area contributed by atoms with Crippen LogP contribution in [0.25, 0.3) is 5.69 Å². The zero-order valence-corrected chi connectivity index (χ0v) is 18.3. The van der Waals surface area contributed by atoms with Crippen molar-refractivity contribution in [2.75, 3.05) is 23.9 Å². The maximum absolute atomic E-state index is 13.1. The topological polar surface area (TPSA) is 63.6 Å². The van der Waals surface area contributed by atoms with E-state index in [4.69, 9.17) is 4.74 Å². The first-order chi connectivity index (χ1) is 14.9. The van der Waals surface area contributed by atoms with Gasteiger partial charge in [-0.1, -0.05) is 12.1 Å². The molecule has 0 unspecified atom stereocenters. The largest absolute Gasteiger partial charge is 0.497 e. The summed E-state index contributed by atoms with van der Waals surface area (Å²) in [6.07, 6.45) is 0.201. The van der Waals surface area contributed by atoms with Gasteiger partial charge in [-0.2, -0.15) is 0 Å². The van der Waals surface area contributed by atoms with Crippen molar-refractivity contribution in [3.05, 3.63) is 71.5 Å². The molecule has 0 spiro atoms. The second-order valence-corrected chi connectivity index (χ2v) is 8.07. The number of benzene rings is 2. The number of nitrogens with one attached hydrogen (secondary N) is 1. The first-order valence-corrected chi connectivity index (χ1v) is 10.4. The van der Waals surface area contributed by atoms with Gasteiger partial charge in [0.2, 0.25) is 11.8 Å². The van der Waals surface area contributed by atoms with E-state index >= 15 is 0 Å². The van der Waals surface area contributed by atoms with E-state index in [2.05, 4.69) is 9.88 Å². The van der Waals surface area contributed by atoms with Gasteiger partial charge in [0.1, 0.15) is 5.75 Å². The number of hydrogen-bond acceptors (Lipinski definition) is 3. The summed E-state index contributed by atoms with van der Waals surface area (Å²) >= 11 is 0. The van der Waals surface area contributed by atoms with Crippen molar-refractivity contribution in [3.63, 3.8) is 0 Å². The summed E-state index contributed by atoms with van der Waals surface area (Å²) in [5.41, 5.74) is 5.57. The average Bonchev–Trinajstić information content (AvgIpc) is 3.30. The Balaban J connectivity index is 1.59. The Hall–Kier alpha value is -3.54. The monoisotopic (exact) mass is 417 g/mol. The summed E-state index contributed by atoms with van der Waals surface area (Å²) in [5.74, 6) is 0.118. The fourth-order valence-corrected chi connectivity index (χ4v) is 4.14. The van der Waals surface area contributed by atoms with Gasteiger partial charge >= 0.3 is 0 Å². The second kappa shape index (κ2) is 8.30. The minimum Gasteiger partial charge on any atom is -0.497 e. The molecule has 1 fully saturated rings. The maximum atomic E-state index is 13.1. The molecule has 1 aliphatic heterocycles. The lowest BCUT2D eigenvalue weighted by atomic mass is 10.1. The summed E-state index contributed by atoms with van der Waals surface area (Å²) in [7, 11) is 1.62. The van der Waals surface area contributed by atoms with E-state index in [0.29, 0.717) is 18.0 Å². The number of aryl methyl sites for hydroxylation is 3. The number of hydrogen-bond donors (Lipinski definition) is 1. The molecule has 1 saturated heterocycles. The van der Waals surface area contributed by atoms with E-state index in [0.717, 1.165) is 28.3 Å². The zero-order chi connectivity index (χ0) is 22.1. The van der Waals surface area contributed by atoms with Gasteiger partial charge in [-0.05, 0) is 62.7 Å². The molecule has 3 aromatic rings. The van der Waals surface area contributed by atoms with E-state index in [1.165, 1.54) is 0 Å². The summed E-state index contributed by atoms with van der Waals surface area (Å²) in [6.45, 7) is 6.41. The van der Waals surface area contributed by atoms with E-state index < -0.39 is 5.92 Å². The molecule has 0 bridgehead atoms. The molecular weight excluding hydrogens is 390 g/mol. The van der Waals surface area contributed by atoms with Crippen LogP contribution in [0.1, 0.15) is 23.4 Å². The zero-order valence-electron chi connectivity index (χ0n) is 18.3. The summed E-state index contributed by atoms with van der Waals surface area (Å²) in [5, 5.41) is 3.06. The molecule has 6 heteroatoms. The van der Waals surface area contributed by atoms with Crippen LogP contribution in [0.15, 0.2) is 54.6 Å². The van der Waals surface area contributed by atoms with Crippen molar-refractivity contribution in [2.45, 2.75) is 27.2 Å². The van der Waals surface area contributed by atoms with Crippen LogP contribution in [0.3, 0.4) is 0 Å². The third-order valence-electron chi connectivity index (χ3n) is 5.78. The first kappa shape index (κ1) is 20.7. The molecule has 0 saturated carbocycles. The summed E-state index contributed by atoms with van der Waals surface area (Å²) in [6, 6.07) is 17.5. The Labute approximate surface area is 182 Å². The first-order valence-electron chi connectivity index (χ1n) is 10.4. The van der Waals surface area contributed by atoms with Gasteiger partial charge in [0, 0.05) is 36.1 Å². The van der Waals surface area contributed by atoms with Crippen LogP contribution in [0.4, 0.5) is 11.4 Å². The van der Waals surface area contributed by atoms with E-state index in [9.17, 15) is 9.59 Å². The Morgan fingerprint density at radius 3 is 2.45 bits per heavy atom. The minimum atomic E-state index is -0.408. The molecule has 1 aliphatic rings. The normalized spacial score (nSPS) is 15.9. The maximum Gasteiger partial charge on any atom is 0.229 e. The highest BCUT2D eigenvalue weighted by Gasteiger charge is 2.35. The van der Waals surface area contributed by atoms with Gasteiger partial charge in [0.05, 0.1) is 24.4 Å². The molecule has 6 nitrogen and oxygen atoms in total. The number of amides is 2. The molecule has 4 rings (SSSR count). The average molecular weight is 418 g/mol. The number of anilines is 2. The van der Waals surface area contributed by atoms with E-state index in [-0.39, 0.29) is 18.2 Å².